The maximum absolute atomic E-state index is 12.1. The molecule has 2 aromatic rings. The lowest BCUT2D eigenvalue weighted by molar-refractivity contribution is -0.120. The molecule has 2 amide bonds. The summed E-state index contributed by atoms with van der Waals surface area (Å²) >= 11 is 5.86. The summed E-state index contributed by atoms with van der Waals surface area (Å²) < 4.78 is 10.5. The molecular formula is C19H21ClN2O4. The molecule has 0 bridgehead atoms. The van der Waals surface area contributed by atoms with Crippen LogP contribution >= 0.6 is 11.6 Å². The zero-order chi connectivity index (χ0) is 19.1. The molecule has 0 fully saturated rings. The van der Waals surface area contributed by atoms with Gasteiger partial charge in [0.25, 0.3) is 5.91 Å². The SMILES string of the molecule is COc1ccc(C(C)NC(=O)CNC(=O)c2cccc(Cl)c2)cc1OC. The van der Waals surface area contributed by atoms with Crippen LogP contribution in [-0.4, -0.2) is 32.6 Å². The molecule has 138 valence electrons. The summed E-state index contributed by atoms with van der Waals surface area (Å²) in [6, 6.07) is 11.7. The van der Waals surface area contributed by atoms with Crippen molar-refractivity contribution in [3.63, 3.8) is 0 Å². The van der Waals surface area contributed by atoms with E-state index in [1.54, 1.807) is 50.6 Å². The lowest BCUT2D eigenvalue weighted by Crippen LogP contribution is -2.38. The van der Waals surface area contributed by atoms with Crippen molar-refractivity contribution in [1.29, 1.82) is 0 Å². The highest BCUT2D eigenvalue weighted by molar-refractivity contribution is 6.30. The van der Waals surface area contributed by atoms with Gasteiger partial charge in [0.2, 0.25) is 5.91 Å². The zero-order valence-electron chi connectivity index (χ0n) is 14.8. The van der Waals surface area contributed by atoms with Crippen LogP contribution in [-0.2, 0) is 4.79 Å². The normalized spacial score (nSPS) is 11.4. The first-order chi connectivity index (χ1) is 12.4. The van der Waals surface area contributed by atoms with Gasteiger partial charge in [-0.25, -0.2) is 0 Å². The average Bonchev–Trinajstić information content (AvgIpc) is 2.65. The molecule has 0 saturated carbocycles. The summed E-state index contributed by atoms with van der Waals surface area (Å²) in [4.78, 5) is 24.1. The topological polar surface area (TPSA) is 76.7 Å². The number of methoxy groups -OCH3 is 2. The van der Waals surface area contributed by atoms with Crippen molar-refractivity contribution < 1.29 is 19.1 Å². The third kappa shape index (κ3) is 5.13. The van der Waals surface area contributed by atoms with Crippen LogP contribution in [0, 0.1) is 0 Å². The first kappa shape index (κ1) is 19.6. The third-order valence-electron chi connectivity index (χ3n) is 3.78. The second-order valence-electron chi connectivity index (χ2n) is 5.60. The summed E-state index contributed by atoms with van der Waals surface area (Å²) in [7, 11) is 3.11. The largest absolute Gasteiger partial charge is 0.493 e. The lowest BCUT2D eigenvalue weighted by Gasteiger charge is -2.17. The van der Waals surface area contributed by atoms with E-state index in [0.29, 0.717) is 22.1 Å². The van der Waals surface area contributed by atoms with Crippen molar-refractivity contribution in [2.45, 2.75) is 13.0 Å². The summed E-state index contributed by atoms with van der Waals surface area (Å²) in [5, 5.41) is 5.86. The standard InChI is InChI=1S/C19H21ClN2O4/c1-12(13-7-8-16(25-2)17(10-13)26-3)22-18(23)11-21-19(24)14-5-4-6-15(20)9-14/h4-10,12H,11H2,1-3H3,(H,21,24)(H,22,23). The molecule has 0 aliphatic carbocycles. The smallest absolute Gasteiger partial charge is 0.251 e. The molecule has 2 N–H and O–H groups in total. The second-order valence-corrected chi connectivity index (χ2v) is 6.03. The molecule has 0 spiro atoms. The first-order valence-electron chi connectivity index (χ1n) is 7.99. The molecule has 6 nitrogen and oxygen atoms in total. The van der Waals surface area contributed by atoms with Crippen LogP contribution in [0.4, 0.5) is 0 Å². The number of nitrogens with one attached hydrogen (secondary N) is 2. The Morgan fingerprint density at radius 3 is 2.46 bits per heavy atom. The van der Waals surface area contributed by atoms with Crippen LogP contribution in [0.15, 0.2) is 42.5 Å². The lowest BCUT2D eigenvalue weighted by atomic mass is 10.1. The number of benzene rings is 2. The van der Waals surface area contributed by atoms with Gasteiger partial charge >= 0.3 is 0 Å². The Labute approximate surface area is 157 Å². The Kier molecular flexibility index (Phi) is 6.86. The van der Waals surface area contributed by atoms with Crippen molar-refractivity contribution in [2.24, 2.45) is 0 Å². The van der Waals surface area contributed by atoms with Crippen LogP contribution < -0.4 is 20.1 Å². The minimum Gasteiger partial charge on any atom is -0.493 e. The van der Waals surface area contributed by atoms with Gasteiger partial charge in [-0.3, -0.25) is 9.59 Å². The Hall–Kier alpha value is -2.73. The first-order valence-corrected chi connectivity index (χ1v) is 8.37. The monoisotopic (exact) mass is 376 g/mol. The Bertz CT molecular complexity index is 795. The number of hydrogen-bond acceptors (Lipinski definition) is 4. The predicted molar refractivity (Wildman–Crippen MR) is 99.9 cm³/mol. The minimum atomic E-state index is -0.360. The van der Waals surface area contributed by atoms with Gasteiger partial charge in [-0.15, -0.1) is 0 Å². The van der Waals surface area contributed by atoms with Crippen molar-refractivity contribution >= 4 is 23.4 Å². The average molecular weight is 377 g/mol. The van der Waals surface area contributed by atoms with E-state index in [2.05, 4.69) is 10.6 Å². The number of carbonyl (C=O) groups excluding carboxylic acids is 2. The molecule has 0 aliphatic rings. The van der Waals surface area contributed by atoms with Crippen LogP contribution in [0.25, 0.3) is 0 Å². The highest BCUT2D eigenvalue weighted by Crippen LogP contribution is 2.29. The van der Waals surface area contributed by atoms with Gasteiger partial charge in [-0.05, 0) is 42.8 Å². The fraction of sp³-hybridized carbons (Fsp3) is 0.263. The molecule has 1 atom stereocenters. The van der Waals surface area contributed by atoms with Gasteiger partial charge in [0.05, 0.1) is 26.8 Å². The summed E-state index contributed by atoms with van der Waals surface area (Å²) in [5.74, 6) is 0.535. The highest BCUT2D eigenvalue weighted by Gasteiger charge is 2.14. The molecule has 7 heteroatoms. The van der Waals surface area contributed by atoms with Crippen molar-refractivity contribution in [1.82, 2.24) is 10.6 Å². The van der Waals surface area contributed by atoms with E-state index < -0.39 is 0 Å². The molecule has 2 aromatic carbocycles. The molecule has 0 aliphatic heterocycles. The van der Waals surface area contributed by atoms with E-state index in [9.17, 15) is 9.59 Å². The van der Waals surface area contributed by atoms with Crippen molar-refractivity contribution in [3.8, 4) is 11.5 Å². The molecule has 1 unspecified atom stereocenters. The Morgan fingerprint density at radius 1 is 1.08 bits per heavy atom. The van der Waals surface area contributed by atoms with Gasteiger partial charge in [-0.2, -0.15) is 0 Å². The molecule has 26 heavy (non-hydrogen) atoms. The summed E-state index contributed by atoms with van der Waals surface area (Å²) in [5.41, 5.74) is 1.26. The summed E-state index contributed by atoms with van der Waals surface area (Å²) in [6.45, 7) is 1.71. The minimum absolute atomic E-state index is 0.136. The van der Waals surface area contributed by atoms with Gasteiger partial charge in [0.1, 0.15) is 0 Å². The zero-order valence-corrected chi connectivity index (χ0v) is 15.6. The van der Waals surface area contributed by atoms with Crippen LogP contribution in [0.5, 0.6) is 11.5 Å². The van der Waals surface area contributed by atoms with Gasteiger partial charge in [-0.1, -0.05) is 23.7 Å². The molecular weight excluding hydrogens is 356 g/mol. The Morgan fingerprint density at radius 2 is 1.81 bits per heavy atom. The van der Waals surface area contributed by atoms with E-state index in [0.717, 1.165) is 5.56 Å². The van der Waals surface area contributed by atoms with E-state index in [1.165, 1.54) is 0 Å². The van der Waals surface area contributed by atoms with Gasteiger partial charge < -0.3 is 20.1 Å². The van der Waals surface area contributed by atoms with E-state index >= 15 is 0 Å². The third-order valence-corrected chi connectivity index (χ3v) is 4.02. The molecule has 0 radical (unpaired) electrons. The fourth-order valence-electron chi connectivity index (χ4n) is 2.39. The summed E-state index contributed by atoms with van der Waals surface area (Å²) in [6.07, 6.45) is 0. The van der Waals surface area contributed by atoms with Crippen molar-refractivity contribution in [3.05, 3.63) is 58.6 Å². The maximum Gasteiger partial charge on any atom is 0.251 e. The number of ether oxygens (including phenoxy) is 2. The second kappa shape index (κ2) is 9.10. The quantitative estimate of drug-likeness (QED) is 0.778. The molecule has 2 rings (SSSR count). The van der Waals surface area contributed by atoms with Gasteiger partial charge in [0, 0.05) is 10.6 Å². The van der Waals surface area contributed by atoms with E-state index in [4.69, 9.17) is 21.1 Å². The van der Waals surface area contributed by atoms with E-state index in [-0.39, 0.29) is 24.4 Å². The fourth-order valence-corrected chi connectivity index (χ4v) is 2.58. The van der Waals surface area contributed by atoms with Crippen molar-refractivity contribution in [2.75, 3.05) is 20.8 Å². The van der Waals surface area contributed by atoms with Crippen LogP contribution in [0.3, 0.4) is 0 Å². The number of halogens is 1. The van der Waals surface area contributed by atoms with E-state index in [1.807, 2.05) is 13.0 Å². The number of hydrogen-bond donors (Lipinski definition) is 2. The number of amides is 2. The molecule has 0 aromatic heterocycles. The molecule has 0 heterocycles. The van der Waals surface area contributed by atoms with Crippen LogP contribution in [0.2, 0.25) is 5.02 Å². The number of carbonyl (C=O) groups is 2. The van der Waals surface area contributed by atoms with Gasteiger partial charge in [0.15, 0.2) is 11.5 Å². The van der Waals surface area contributed by atoms with Crippen LogP contribution in [0.1, 0.15) is 28.9 Å². The number of rotatable bonds is 7. The Balaban J connectivity index is 1.92. The molecule has 0 saturated heterocycles. The maximum atomic E-state index is 12.1. The highest BCUT2D eigenvalue weighted by atomic mass is 35.5. The predicted octanol–water partition coefficient (Wildman–Crippen LogP) is 2.96.